The second kappa shape index (κ2) is 4.74. The van der Waals surface area contributed by atoms with E-state index in [9.17, 15) is 13.2 Å². The van der Waals surface area contributed by atoms with Crippen LogP contribution in [0.5, 0.6) is 0 Å². The Kier molecular flexibility index (Phi) is 3.14. The molecule has 0 unspecified atom stereocenters. The predicted molar refractivity (Wildman–Crippen MR) is 83.5 cm³/mol. The summed E-state index contributed by atoms with van der Waals surface area (Å²) in [5.74, 6) is 0. The maximum atomic E-state index is 12.3. The first-order valence-electron chi connectivity index (χ1n) is 6.17. The number of rotatable bonds is 3. The van der Waals surface area contributed by atoms with E-state index in [0.29, 0.717) is 16.7 Å². The lowest BCUT2D eigenvalue weighted by Gasteiger charge is -2.09. The fourth-order valence-electron chi connectivity index (χ4n) is 2.05. The van der Waals surface area contributed by atoms with Gasteiger partial charge < -0.3 is 9.97 Å². The number of hydrogen-bond acceptors (Lipinski definition) is 4. The van der Waals surface area contributed by atoms with Crippen molar-refractivity contribution in [2.45, 2.75) is 18.1 Å². The van der Waals surface area contributed by atoms with E-state index in [2.05, 4.69) is 14.7 Å². The molecular weight excluding hydrogens is 310 g/mol. The molecule has 3 aromatic rings. The Labute approximate surface area is 124 Å². The highest BCUT2D eigenvalue weighted by molar-refractivity contribution is 7.94. The monoisotopic (exact) mass is 323 g/mol. The minimum Gasteiger partial charge on any atom is -0.306 e. The molecule has 0 radical (unpaired) electrons. The van der Waals surface area contributed by atoms with E-state index in [1.165, 1.54) is 11.3 Å². The summed E-state index contributed by atoms with van der Waals surface area (Å²) in [7, 11) is -3.61. The van der Waals surface area contributed by atoms with Gasteiger partial charge in [0, 0.05) is 4.88 Å². The molecule has 0 bridgehead atoms. The number of H-pyrrole nitrogens is 2. The molecule has 0 spiro atoms. The third-order valence-corrected chi connectivity index (χ3v) is 5.94. The SMILES string of the molecule is Cc1ccc(S(=O)(=O)Nc2cc3[nH]c(=O)[nH]c3cc2C)s1. The van der Waals surface area contributed by atoms with E-state index in [-0.39, 0.29) is 9.90 Å². The number of imidazole rings is 1. The number of nitrogens with one attached hydrogen (secondary N) is 3. The second-order valence-corrected chi connectivity index (χ2v) is 7.96. The molecule has 6 nitrogen and oxygen atoms in total. The largest absolute Gasteiger partial charge is 0.323 e. The molecule has 0 amide bonds. The quantitative estimate of drug-likeness (QED) is 0.690. The number of anilines is 1. The van der Waals surface area contributed by atoms with Crippen LogP contribution in [0.4, 0.5) is 5.69 Å². The summed E-state index contributed by atoms with van der Waals surface area (Å²) < 4.78 is 27.5. The van der Waals surface area contributed by atoms with Crippen molar-refractivity contribution in [1.29, 1.82) is 0 Å². The maximum absolute atomic E-state index is 12.3. The first kappa shape index (κ1) is 13.9. The Morgan fingerprint density at radius 3 is 2.38 bits per heavy atom. The van der Waals surface area contributed by atoms with Gasteiger partial charge in [-0.2, -0.15) is 0 Å². The summed E-state index contributed by atoms with van der Waals surface area (Å²) in [5.41, 5.74) is 2.06. The summed E-state index contributed by atoms with van der Waals surface area (Å²) in [4.78, 5) is 17.5. The Balaban J connectivity index is 2.04. The summed E-state index contributed by atoms with van der Waals surface area (Å²) in [6.07, 6.45) is 0. The first-order valence-corrected chi connectivity index (χ1v) is 8.47. The van der Waals surface area contributed by atoms with Gasteiger partial charge in [0.1, 0.15) is 4.21 Å². The van der Waals surface area contributed by atoms with Crippen molar-refractivity contribution < 1.29 is 8.42 Å². The highest BCUT2D eigenvalue weighted by Gasteiger charge is 2.17. The van der Waals surface area contributed by atoms with Crippen LogP contribution in [-0.4, -0.2) is 18.4 Å². The van der Waals surface area contributed by atoms with Crippen molar-refractivity contribution in [2.24, 2.45) is 0 Å². The number of aromatic amines is 2. The minimum absolute atomic E-state index is 0.266. The lowest BCUT2D eigenvalue weighted by atomic mass is 10.2. The number of aryl methyl sites for hydroxylation is 2. The third kappa shape index (κ3) is 2.59. The van der Waals surface area contributed by atoms with E-state index in [4.69, 9.17) is 0 Å². The number of benzene rings is 1. The molecule has 3 N–H and O–H groups in total. The van der Waals surface area contributed by atoms with E-state index >= 15 is 0 Å². The minimum atomic E-state index is -3.61. The summed E-state index contributed by atoms with van der Waals surface area (Å²) >= 11 is 1.21. The zero-order valence-corrected chi connectivity index (χ0v) is 13.0. The van der Waals surface area contributed by atoms with Crippen LogP contribution in [0.1, 0.15) is 10.4 Å². The van der Waals surface area contributed by atoms with Crippen LogP contribution in [0.3, 0.4) is 0 Å². The van der Waals surface area contributed by atoms with E-state index in [1.807, 2.05) is 6.92 Å². The van der Waals surface area contributed by atoms with Crippen LogP contribution in [-0.2, 0) is 10.0 Å². The van der Waals surface area contributed by atoms with Crippen LogP contribution in [0.2, 0.25) is 0 Å². The van der Waals surface area contributed by atoms with E-state index in [0.717, 1.165) is 10.4 Å². The van der Waals surface area contributed by atoms with Crippen LogP contribution >= 0.6 is 11.3 Å². The topological polar surface area (TPSA) is 94.8 Å². The van der Waals surface area contributed by atoms with Crippen LogP contribution < -0.4 is 10.4 Å². The number of sulfonamides is 1. The smallest absolute Gasteiger partial charge is 0.306 e. The molecule has 1 aromatic carbocycles. The molecule has 0 aliphatic rings. The Bertz CT molecular complexity index is 980. The third-order valence-electron chi connectivity index (χ3n) is 3.09. The Morgan fingerprint density at radius 2 is 1.76 bits per heavy atom. The van der Waals surface area contributed by atoms with Gasteiger partial charge in [-0.15, -0.1) is 11.3 Å². The summed E-state index contributed by atoms with van der Waals surface area (Å²) in [6.45, 7) is 3.63. The average Bonchev–Trinajstić information content (AvgIpc) is 2.95. The molecule has 3 rings (SSSR count). The number of hydrogen-bond donors (Lipinski definition) is 3. The molecule has 0 aliphatic carbocycles. The lowest BCUT2D eigenvalue weighted by molar-refractivity contribution is 0.603. The maximum Gasteiger partial charge on any atom is 0.323 e. The van der Waals surface area contributed by atoms with Crippen LogP contribution in [0, 0.1) is 13.8 Å². The van der Waals surface area contributed by atoms with Gasteiger partial charge in [-0.05, 0) is 43.7 Å². The number of fused-ring (bicyclic) bond motifs is 1. The first-order chi connectivity index (χ1) is 9.85. The number of thiophene rings is 1. The molecular formula is C13H13N3O3S2. The molecule has 0 saturated heterocycles. The number of aromatic nitrogens is 2. The molecule has 8 heteroatoms. The van der Waals surface area contributed by atoms with Gasteiger partial charge in [-0.1, -0.05) is 0 Å². The fourth-order valence-corrected chi connectivity index (χ4v) is 4.46. The van der Waals surface area contributed by atoms with Crippen molar-refractivity contribution >= 4 is 38.1 Å². The Hall–Kier alpha value is -2.06. The predicted octanol–water partition coefficient (Wildman–Crippen LogP) is 2.34. The highest BCUT2D eigenvalue weighted by Crippen LogP contribution is 2.26. The normalized spacial score (nSPS) is 11.9. The van der Waals surface area contributed by atoms with Gasteiger partial charge in [0.15, 0.2) is 0 Å². The van der Waals surface area contributed by atoms with Crippen molar-refractivity contribution in [3.8, 4) is 0 Å². The van der Waals surface area contributed by atoms with Crippen molar-refractivity contribution in [3.63, 3.8) is 0 Å². The van der Waals surface area contributed by atoms with Gasteiger partial charge in [-0.3, -0.25) is 4.72 Å². The van der Waals surface area contributed by atoms with E-state index in [1.54, 1.807) is 31.2 Å². The van der Waals surface area contributed by atoms with Crippen molar-refractivity contribution in [2.75, 3.05) is 4.72 Å². The molecule has 0 fully saturated rings. The van der Waals surface area contributed by atoms with Crippen LogP contribution in [0.15, 0.2) is 33.3 Å². The molecule has 0 saturated carbocycles. The average molecular weight is 323 g/mol. The summed E-state index contributed by atoms with van der Waals surface area (Å²) in [5, 5.41) is 0. The van der Waals surface area contributed by atoms with Gasteiger partial charge in [0.2, 0.25) is 0 Å². The van der Waals surface area contributed by atoms with Crippen molar-refractivity contribution in [1.82, 2.24) is 9.97 Å². The second-order valence-electron chi connectivity index (χ2n) is 4.76. The zero-order valence-electron chi connectivity index (χ0n) is 11.4. The lowest BCUT2D eigenvalue weighted by Crippen LogP contribution is -2.12. The molecule has 21 heavy (non-hydrogen) atoms. The molecule has 0 aliphatic heterocycles. The van der Waals surface area contributed by atoms with E-state index < -0.39 is 10.0 Å². The summed E-state index contributed by atoms with van der Waals surface area (Å²) in [6, 6.07) is 6.68. The molecule has 110 valence electrons. The highest BCUT2D eigenvalue weighted by atomic mass is 32.2. The van der Waals surface area contributed by atoms with Gasteiger partial charge in [0.05, 0.1) is 16.7 Å². The fraction of sp³-hybridized carbons (Fsp3) is 0.154. The van der Waals surface area contributed by atoms with Gasteiger partial charge in [-0.25, -0.2) is 13.2 Å². The van der Waals surface area contributed by atoms with Gasteiger partial charge in [0.25, 0.3) is 10.0 Å². The standard InChI is InChI=1S/C13H13N3O3S2/c1-7-5-10-11(15-13(17)14-10)6-9(7)16-21(18,19)12-4-3-8(2)20-12/h3-6,16H,1-2H3,(H2,14,15,17). The van der Waals surface area contributed by atoms with Crippen molar-refractivity contribution in [3.05, 3.63) is 45.2 Å². The van der Waals surface area contributed by atoms with Gasteiger partial charge >= 0.3 is 5.69 Å². The molecule has 0 atom stereocenters. The molecule has 2 heterocycles. The van der Waals surface area contributed by atoms with Crippen LogP contribution in [0.25, 0.3) is 11.0 Å². The Morgan fingerprint density at radius 1 is 1.10 bits per heavy atom. The zero-order chi connectivity index (χ0) is 15.2. The molecule has 2 aromatic heterocycles.